The highest BCUT2D eigenvalue weighted by Gasteiger charge is 2.31. The summed E-state index contributed by atoms with van der Waals surface area (Å²) in [4.78, 5) is 0. The van der Waals surface area contributed by atoms with Crippen LogP contribution in [0.4, 0.5) is 13.2 Å². The van der Waals surface area contributed by atoms with Crippen LogP contribution >= 0.6 is 0 Å². The first kappa shape index (κ1) is 14.4. The Kier molecular flexibility index (Phi) is 4.50. The van der Waals surface area contributed by atoms with Gasteiger partial charge in [0.2, 0.25) is 0 Å². The lowest BCUT2D eigenvalue weighted by Crippen LogP contribution is -2.12. The summed E-state index contributed by atoms with van der Waals surface area (Å²) in [7, 11) is 0. The van der Waals surface area contributed by atoms with Gasteiger partial charge in [0.25, 0.3) is 0 Å². The number of aliphatic hydroxyl groups is 1. The van der Waals surface area contributed by atoms with Gasteiger partial charge < -0.3 is 5.11 Å². The molecule has 0 aliphatic heterocycles. The lowest BCUT2D eigenvalue weighted by molar-refractivity contribution is -0.137. The maximum absolute atomic E-state index is 12.6. The predicted molar refractivity (Wildman–Crippen MR) is 67.6 cm³/mol. The minimum atomic E-state index is -4.35. The highest BCUT2D eigenvalue weighted by Crippen LogP contribution is 2.34. The second-order valence-corrected chi connectivity index (χ2v) is 5.38. The van der Waals surface area contributed by atoms with E-state index >= 15 is 0 Å². The highest BCUT2D eigenvalue weighted by atomic mass is 19.4. The van der Waals surface area contributed by atoms with Crippen LogP contribution in [0.3, 0.4) is 0 Å². The molecule has 1 nitrogen and oxygen atoms in total. The molecule has 0 radical (unpaired) electrons. The van der Waals surface area contributed by atoms with Gasteiger partial charge in [0, 0.05) is 0 Å². The van der Waals surface area contributed by atoms with Gasteiger partial charge in [-0.05, 0) is 30.0 Å². The van der Waals surface area contributed by atoms with Crippen molar-refractivity contribution in [3.8, 4) is 0 Å². The van der Waals surface area contributed by atoms with Crippen LogP contribution in [-0.2, 0) is 6.18 Å². The first-order chi connectivity index (χ1) is 8.97. The fraction of sp³-hybridized carbons (Fsp3) is 0.600. The monoisotopic (exact) mass is 272 g/mol. The second kappa shape index (κ2) is 5.95. The standard InChI is InChI=1S/C15H19F3O/c16-15(17,18)13-8-4-7-12(10-13)14(19)9-11-5-2-1-3-6-11/h4,7-8,10-11,14,19H,1-3,5-6,9H2. The minimum Gasteiger partial charge on any atom is -0.388 e. The van der Waals surface area contributed by atoms with Gasteiger partial charge in [-0.1, -0.05) is 44.2 Å². The summed E-state index contributed by atoms with van der Waals surface area (Å²) in [5.74, 6) is 0.443. The van der Waals surface area contributed by atoms with E-state index in [1.807, 2.05) is 0 Å². The first-order valence-corrected chi connectivity index (χ1v) is 6.82. The van der Waals surface area contributed by atoms with Crippen molar-refractivity contribution >= 4 is 0 Å². The molecule has 1 unspecified atom stereocenters. The van der Waals surface area contributed by atoms with Crippen molar-refractivity contribution in [1.29, 1.82) is 0 Å². The van der Waals surface area contributed by atoms with Gasteiger partial charge in [-0.3, -0.25) is 0 Å². The van der Waals surface area contributed by atoms with E-state index in [2.05, 4.69) is 0 Å². The van der Waals surface area contributed by atoms with E-state index in [4.69, 9.17) is 0 Å². The average molecular weight is 272 g/mol. The Hall–Kier alpha value is -1.03. The maximum atomic E-state index is 12.6. The molecule has 0 bridgehead atoms. The van der Waals surface area contributed by atoms with Gasteiger partial charge in [-0.15, -0.1) is 0 Å². The number of rotatable bonds is 3. The Balaban J connectivity index is 2.04. The second-order valence-electron chi connectivity index (χ2n) is 5.38. The van der Waals surface area contributed by atoms with Crippen molar-refractivity contribution in [3.63, 3.8) is 0 Å². The predicted octanol–water partition coefficient (Wildman–Crippen LogP) is 4.71. The quantitative estimate of drug-likeness (QED) is 0.845. The Morgan fingerprint density at radius 1 is 1.16 bits per heavy atom. The summed E-state index contributed by atoms with van der Waals surface area (Å²) < 4.78 is 37.8. The molecular weight excluding hydrogens is 253 g/mol. The van der Waals surface area contributed by atoms with Crippen molar-refractivity contribution < 1.29 is 18.3 Å². The molecule has 0 heterocycles. The van der Waals surface area contributed by atoms with E-state index in [9.17, 15) is 18.3 Å². The number of hydrogen-bond donors (Lipinski definition) is 1. The molecule has 1 aromatic carbocycles. The van der Waals surface area contributed by atoms with Gasteiger partial charge in [0.1, 0.15) is 0 Å². The molecule has 19 heavy (non-hydrogen) atoms. The van der Waals surface area contributed by atoms with Crippen LogP contribution in [0, 0.1) is 5.92 Å². The van der Waals surface area contributed by atoms with Crippen molar-refractivity contribution in [3.05, 3.63) is 35.4 Å². The zero-order valence-electron chi connectivity index (χ0n) is 10.8. The Labute approximate surface area is 111 Å². The van der Waals surface area contributed by atoms with Crippen molar-refractivity contribution in [2.45, 2.75) is 50.8 Å². The van der Waals surface area contributed by atoms with E-state index in [0.717, 1.165) is 25.0 Å². The molecule has 1 aliphatic rings. The van der Waals surface area contributed by atoms with Crippen LogP contribution in [0.2, 0.25) is 0 Å². The van der Waals surface area contributed by atoms with Crippen molar-refractivity contribution in [2.75, 3.05) is 0 Å². The molecule has 1 aliphatic carbocycles. The van der Waals surface area contributed by atoms with Crippen molar-refractivity contribution in [2.24, 2.45) is 5.92 Å². The molecule has 2 rings (SSSR count). The molecule has 0 amide bonds. The molecule has 1 N–H and O–H groups in total. The average Bonchev–Trinajstić information content (AvgIpc) is 2.39. The van der Waals surface area contributed by atoms with Crippen LogP contribution in [0.15, 0.2) is 24.3 Å². The zero-order valence-corrected chi connectivity index (χ0v) is 10.8. The van der Waals surface area contributed by atoms with Gasteiger partial charge >= 0.3 is 6.18 Å². The van der Waals surface area contributed by atoms with Crippen LogP contribution < -0.4 is 0 Å². The summed E-state index contributed by atoms with van der Waals surface area (Å²) in [6.45, 7) is 0. The first-order valence-electron chi connectivity index (χ1n) is 6.82. The Morgan fingerprint density at radius 3 is 2.47 bits per heavy atom. The summed E-state index contributed by atoms with van der Waals surface area (Å²) in [6.07, 6.45) is 1.16. The molecule has 0 aromatic heterocycles. The third-order valence-electron chi connectivity index (χ3n) is 3.88. The molecule has 106 valence electrons. The van der Waals surface area contributed by atoms with Crippen molar-refractivity contribution in [1.82, 2.24) is 0 Å². The SMILES string of the molecule is OC(CC1CCCCC1)c1cccc(C(F)(F)F)c1. The van der Waals surface area contributed by atoms with Crippen LogP contribution in [-0.4, -0.2) is 5.11 Å². The molecule has 1 atom stereocenters. The molecule has 0 spiro atoms. The van der Waals surface area contributed by atoms with Gasteiger partial charge in [0.05, 0.1) is 11.7 Å². The zero-order chi connectivity index (χ0) is 13.9. The van der Waals surface area contributed by atoms with Gasteiger partial charge in [-0.2, -0.15) is 13.2 Å². The number of halogens is 3. The fourth-order valence-corrected chi connectivity index (χ4v) is 2.80. The number of aliphatic hydroxyl groups excluding tert-OH is 1. The highest BCUT2D eigenvalue weighted by molar-refractivity contribution is 5.27. The lowest BCUT2D eigenvalue weighted by atomic mass is 9.84. The van der Waals surface area contributed by atoms with Crippen LogP contribution in [0.5, 0.6) is 0 Å². The topological polar surface area (TPSA) is 20.2 Å². The van der Waals surface area contributed by atoms with Gasteiger partial charge in [-0.25, -0.2) is 0 Å². The molecule has 1 saturated carbocycles. The van der Waals surface area contributed by atoms with Crippen LogP contribution in [0.25, 0.3) is 0 Å². The molecular formula is C15H19F3O. The normalized spacial score (nSPS) is 19.4. The summed E-state index contributed by atoms with van der Waals surface area (Å²) >= 11 is 0. The molecule has 1 fully saturated rings. The number of alkyl halides is 3. The third-order valence-corrected chi connectivity index (χ3v) is 3.88. The third kappa shape index (κ3) is 3.96. The van der Waals surface area contributed by atoms with E-state index in [-0.39, 0.29) is 0 Å². The fourth-order valence-electron chi connectivity index (χ4n) is 2.80. The number of hydrogen-bond acceptors (Lipinski definition) is 1. The van der Waals surface area contributed by atoms with E-state index in [0.29, 0.717) is 17.9 Å². The number of benzene rings is 1. The minimum absolute atomic E-state index is 0.375. The summed E-state index contributed by atoms with van der Waals surface area (Å²) in [6, 6.07) is 5.04. The summed E-state index contributed by atoms with van der Waals surface area (Å²) in [5, 5.41) is 10.1. The molecule has 0 saturated heterocycles. The molecule has 1 aromatic rings. The van der Waals surface area contributed by atoms with Gasteiger partial charge in [0.15, 0.2) is 0 Å². The van der Waals surface area contributed by atoms with E-state index in [1.165, 1.54) is 25.3 Å². The van der Waals surface area contributed by atoms with E-state index < -0.39 is 17.8 Å². The lowest BCUT2D eigenvalue weighted by Gasteiger charge is -2.24. The smallest absolute Gasteiger partial charge is 0.388 e. The largest absolute Gasteiger partial charge is 0.416 e. The van der Waals surface area contributed by atoms with Crippen LogP contribution in [0.1, 0.15) is 55.8 Å². The maximum Gasteiger partial charge on any atom is 0.416 e. The Morgan fingerprint density at radius 2 is 1.84 bits per heavy atom. The van der Waals surface area contributed by atoms with E-state index in [1.54, 1.807) is 6.07 Å². The summed E-state index contributed by atoms with van der Waals surface area (Å²) in [5.41, 5.74) is -0.312. The molecule has 4 heteroatoms. The Bertz CT molecular complexity index is 408.